The highest BCUT2D eigenvalue weighted by molar-refractivity contribution is 7.19. The molecule has 0 atom stereocenters. The highest BCUT2D eigenvalue weighted by Crippen LogP contribution is 2.25. The van der Waals surface area contributed by atoms with Crippen LogP contribution in [-0.4, -0.2) is 24.7 Å². The fraction of sp³-hybridized carbons (Fsp3) is 0.0588. The van der Waals surface area contributed by atoms with Gasteiger partial charge in [-0.1, -0.05) is 35.1 Å². The summed E-state index contributed by atoms with van der Waals surface area (Å²) in [5, 5.41) is 24.3. The van der Waals surface area contributed by atoms with E-state index >= 15 is 0 Å². The number of hydrogen-bond donors (Lipinski definition) is 0. The smallest absolute Gasteiger partial charge is 0.265 e. The maximum absolute atomic E-state index is 12.7. The van der Waals surface area contributed by atoms with Crippen LogP contribution in [0.3, 0.4) is 0 Å². The van der Waals surface area contributed by atoms with Gasteiger partial charge in [-0.2, -0.15) is 9.61 Å². The number of nitro benzene ring substituents is 1. The standard InChI is InChI=1S/C17H10ClN5O3S/c18-12-5-1-10(2-6-12)9-14-16(24)22-17(20-19-14)27-15(21-22)11-3-7-13(8-4-11)23(25)26/h1-8H,9H2. The van der Waals surface area contributed by atoms with Gasteiger partial charge < -0.3 is 0 Å². The van der Waals surface area contributed by atoms with Crippen LogP contribution in [-0.2, 0) is 6.42 Å². The lowest BCUT2D eigenvalue weighted by molar-refractivity contribution is -0.384. The predicted octanol–water partition coefficient (Wildman–Crippen LogP) is 3.37. The Kier molecular flexibility index (Phi) is 4.38. The number of fused-ring (bicyclic) bond motifs is 1. The minimum absolute atomic E-state index is 0.0120. The average molecular weight is 400 g/mol. The Morgan fingerprint density at radius 2 is 1.78 bits per heavy atom. The lowest BCUT2D eigenvalue weighted by Crippen LogP contribution is -2.22. The van der Waals surface area contributed by atoms with E-state index in [1.807, 2.05) is 12.1 Å². The highest BCUT2D eigenvalue weighted by Gasteiger charge is 2.14. The number of nitrogens with zero attached hydrogens (tertiary/aromatic N) is 5. The van der Waals surface area contributed by atoms with Gasteiger partial charge >= 0.3 is 0 Å². The SMILES string of the molecule is O=c1c(Cc2ccc(Cl)cc2)nnc2sc(-c3ccc([N+](=O)[O-])cc3)nn12. The van der Waals surface area contributed by atoms with E-state index < -0.39 is 4.92 Å². The number of non-ortho nitro benzene ring substituents is 1. The van der Waals surface area contributed by atoms with Gasteiger partial charge in [-0.05, 0) is 29.8 Å². The van der Waals surface area contributed by atoms with Gasteiger partial charge in [-0.25, -0.2) is 0 Å². The molecular weight excluding hydrogens is 390 g/mol. The maximum atomic E-state index is 12.7. The third-order valence-electron chi connectivity index (χ3n) is 3.87. The Morgan fingerprint density at radius 1 is 1.07 bits per heavy atom. The molecule has 0 bridgehead atoms. The van der Waals surface area contributed by atoms with Crippen LogP contribution in [0, 0.1) is 10.1 Å². The minimum atomic E-state index is -0.471. The second-order valence-corrected chi connectivity index (χ2v) is 7.05. The lowest BCUT2D eigenvalue weighted by Gasteiger charge is -2.00. The first-order valence-electron chi connectivity index (χ1n) is 7.76. The zero-order chi connectivity index (χ0) is 19.0. The first-order valence-corrected chi connectivity index (χ1v) is 8.95. The third-order valence-corrected chi connectivity index (χ3v) is 5.07. The van der Waals surface area contributed by atoms with Crippen molar-refractivity contribution in [2.24, 2.45) is 0 Å². The summed E-state index contributed by atoms with van der Waals surface area (Å²) in [6, 6.07) is 13.1. The van der Waals surface area contributed by atoms with Crippen molar-refractivity contribution in [1.29, 1.82) is 0 Å². The van der Waals surface area contributed by atoms with Crippen molar-refractivity contribution in [2.45, 2.75) is 6.42 Å². The molecule has 0 spiro atoms. The molecule has 0 aliphatic carbocycles. The van der Waals surface area contributed by atoms with Crippen molar-refractivity contribution in [1.82, 2.24) is 19.8 Å². The van der Waals surface area contributed by atoms with Crippen molar-refractivity contribution >= 4 is 33.6 Å². The Bertz CT molecular complexity index is 1200. The van der Waals surface area contributed by atoms with E-state index in [9.17, 15) is 14.9 Å². The minimum Gasteiger partial charge on any atom is -0.265 e. The molecule has 0 saturated heterocycles. The van der Waals surface area contributed by atoms with E-state index in [0.29, 0.717) is 27.0 Å². The Hall–Kier alpha value is -3.17. The summed E-state index contributed by atoms with van der Waals surface area (Å²) < 4.78 is 1.21. The number of aromatic nitrogens is 4. The number of hydrogen-bond acceptors (Lipinski definition) is 7. The van der Waals surface area contributed by atoms with Gasteiger partial charge in [0.25, 0.3) is 11.2 Å². The highest BCUT2D eigenvalue weighted by atomic mass is 35.5. The molecule has 0 saturated carbocycles. The zero-order valence-corrected chi connectivity index (χ0v) is 15.1. The van der Waals surface area contributed by atoms with E-state index in [2.05, 4.69) is 15.3 Å². The van der Waals surface area contributed by atoms with Crippen molar-refractivity contribution in [3.05, 3.63) is 85.3 Å². The van der Waals surface area contributed by atoms with Gasteiger partial charge in [0.2, 0.25) is 4.96 Å². The van der Waals surface area contributed by atoms with Crippen molar-refractivity contribution in [3.8, 4) is 10.6 Å². The largest absolute Gasteiger partial charge is 0.297 e. The fourth-order valence-electron chi connectivity index (χ4n) is 2.50. The molecule has 4 rings (SSSR count). The molecule has 2 aromatic carbocycles. The van der Waals surface area contributed by atoms with Gasteiger partial charge in [0.15, 0.2) is 0 Å². The third kappa shape index (κ3) is 3.42. The number of rotatable bonds is 4. The van der Waals surface area contributed by atoms with Crippen LogP contribution in [0.2, 0.25) is 5.02 Å². The van der Waals surface area contributed by atoms with E-state index in [4.69, 9.17) is 11.6 Å². The quantitative estimate of drug-likeness (QED) is 0.385. The van der Waals surface area contributed by atoms with Crippen LogP contribution >= 0.6 is 22.9 Å². The molecular formula is C17H10ClN5O3S. The molecule has 10 heteroatoms. The van der Waals surface area contributed by atoms with Crippen LogP contribution < -0.4 is 5.56 Å². The summed E-state index contributed by atoms with van der Waals surface area (Å²) in [7, 11) is 0. The van der Waals surface area contributed by atoms with Gasteiger partial charge in [0.05, 0.1) is 4.92 Å². The number of halogens is 1. The summed E-state index contributed by atoms with van der Waals surface area (Å²) in [6.07, 6.45) is 0.316. The van der Waals surface area contributed by atoms with Crippen LogP contribution in [0.5, 0.6) is 0 Å². The maximum Gasteiger partial charge on any atom is 0.297 e. The van der Waals surface area contributed by atoms with Crippen LogP contribution in [0.4, 0.5) is 5.69 Å². The molecule has 4 aromatic rings. The molecule has 27 heavy (non-hydrogen) atoms. The Labute approximate surface area is 160 Å². The second-order valence-electron chi connectivity index (χ2n) is 5.66. The topological polar surface area (TPSA) is 103 Å². The summed E-state index contributed by atoms with van der Waals surface area (Å²) in [4.78, 5) is 23.3. The molecule has 0 radical (unpaired) electrons. The summed E-state index contributed by atoms with van der Waals surface area (Å²) >= 11 is 7.06. The number of nitro groups is 1. The number of benzene rings is 2. The van der Waals surface area contributed by atoms with Crippen molar-refractivity contribution < 1.29 is 4.92 Å². The molecule has 2 aromatic heterocycles. The van der Waals surface area contributed by atoms with E-state index in [1.54, 1.807) is 24.3 Å². The molecule has 0 unspecified atom stereocenters. The Morgan fingerprint density at radius 3 is 2.44 bits per heavy atom. The van der Waals surface area contributed by atoms with E-state index in [-0.39, 0.29) is 16.9 Å². The normalized spacial score (nSPS) is 11.0. The average Bonchev–Trinajstić information content (AvgIpc) is 3.11. The predicted molar refractivity (Wildman–Crippen MR) is 101 cm³/mol. The lowest BCUT2D eigenvalue weighted by atomic mass is 10.1. The van der Waals surface area contributed by atoms with Crippen LogP contribution in [0.15, 0.2) is 53.3 Å². The van der Waals surface area contributed by atoms with E-state index in [0.717, 1.165) is 5.56 Å². The molecule has 0 fully saturated rings. The van der Waals surface area contributed by atoms with Crippen molar-refractivity contribution in [3.63, 3.8) is 0 Å². The molecule has 0 N–H and O–H groups in total. The van der Waals surface area contributed by atoms with E-state index in [1.165, 1.54) is 28.0 Å². The first kappa shape index (κ1) is 17.3. The molecule has 0 aliphatic heterocycles. The zero-order valence-electron chi connectivity index (χ0n) is 13.6. The summed E-state index contributed by atoms with van der Waals surface area (Å²) in [5.41, 5.74) is 1.46. The van der Waals surface area contributed by atoms with Crippen LogP contribution in [0.1, 0.15) is 11.3 Å². The van der Waals surface area contributed by atoms with Gasteiger partial charge in [-0.3, -0.25) is 14.9 Å². The fourth-order valence-corrected chi connectivity index (χ4v) is 3.46. The van der Waals surface area contributed by atoms with Gasteiger partial charge in [0.1, 0.15) is 10.7 Å². The second kappa shape index (κ2) is 6.86. The molecule has 134 valence electrons. The van der Waals surface area contributed by atoms with Crippen LogP contribution in [0.25, 0.3) is 15.5 Å². The van der Waals surface area contributed by atoms with Gasteiger partial charge in [0, 0.05) is 29.1 Å². The van der Waals surface area contributed by atoms with Gasteiger partial charge in [-0.15, -0.1) is 10.2 Å². The first-order chi connectivity index (χ1) is 13.0. The monoisotopic (exact) mass is 399 g/mol. The molecule has 8 nitrogen and oxygen atoms in total. The molecule has 0 aliphatic rings. The molecule has 2 heterocycles. The van der Waals surface area contributed by atoms with Crippen molar-refractivity contribution in [2.75, 3.05) is 0 Å². The Balaban J connectivity index is 1.70. The summed E-state index contributed by atoms with van der Waals surface area (Å²) in [6.45, 7) is 0. The summed E-state index contributed by atoms with van der Waals surface area (Å²) in [5.74, 6) is 0. The molecule has 0 amide bonds.